The van der Waals surface area contributed by atoms with Crippen molar-refractivity contribution < 1.29 is 23.1 Å². The van der Waals surface area contributed by atoms with E-state index in [1.807, 2.05) is 0 Å². The fourth-order valence-corrected chi connectivity index (χ4v) is 2.47. The highest BCUT2D eigenvalue weighted by molar-refractivity contribution is 7.88. The number of rotatable bonds is 6. The number of benzene rings is 1. The number of carbonyl (C=O) groups excluding carboxylic acids is 1. The number of hydrogen-bond acceptors (Lipinski definition) is 5. The topological polar surface area (TPSA) is 122 Å². The number of aromatic nitrogens is 2. The van der Waals surface area contributed by atoms with Crippen LogP contribution in [0, 0.1) is 6.92 Å². The Morgan fingerprint density at radius 1 is 1.36 bits per heavy atom. The smallest absolute Gasteiger partial charge is 0.339 e. The minimum Gasteiger partial charge on any atom is -0.478 e. The van der Waals surface area contributed by atoms with Crippen LogP contribution in [0.15, 0.2) is 30.5 Å². The molecule has 0 fully saturated rings. The van der Waals surface area contributed by atoms with Crippen LogP contribution in [0.25, 0.3) is 5.69 Å². The van der Waals surface area contributed by atoms with Gasteiger partial charge in [-0.1, -0.05) is 6.07 Å². The molecule has 2 rings (SSSR count). The van der Waals surface area contributed by atoms with Crippen molar-refractivity contribution in [1.29, 1.82) is 0 Å². The number of anilines is 1. The summed E-state index contributed by atoms with van der Waals surface area (Å²) < 4.78 is 25.1. The molecule has 0 saturated carbocycles. The van der Waals surface area contributed by atoms with Crippen LogP contribution in [-0.4, -0.2) is 59.3 Å². The highest BCUT2D eigenvalue weighted by atomic mass is 32.2. The second-order valence-corrected chi connectivity index (χ2v) is 7.57. The van der Waals surface area contributed by atoms with Crippen LogP contribution in [0.1, 0.15) is 16.1 Å². The number of aromatic carboxylic acids is 1. The Labute approximate surface area is 144 Å². The molecule has 10 heteroatoms. The van der Waals surface area contributed by atoms with E-state index in [1.165, 1.54) is 17.9 Å². The Kier molecular flexibility index (Phi) is 5.24. The normalized spacial score (nSPS) is 11.5. The standard InChI is InChI=1S/C15H18N4O5S/c1-10-13(15(21)22)8-16-19(10)12-6-4-5-11(7-12)17-14(20)9-18(2)25(3,23)24/h4-8H,9H2,1-3H3,(H,17,20)(H,21,22). The Bertz CT molecular complexity index is 920. The molecule has 134 valence electrons. The largest absolute Gasteiger partial charge is 0.478 e. The van der Waals surface area contributed by atoms with Gasteiger partial charge in [0.25, 0.3) is 0 Å². The van der Waals surface area contributed by atoms with E-state index >= 15 is 0 Å². The third-order valence-corrected chi connectivity index (χ3v) is 4.81. The minimum atomic E-state index is -3.45. The predicted octanol–water partition coefficient (Wildman–Crippen LogP) is 0.709. The Balaban J connectivity index is 2.19. The van der Waals surface area contributed by atoms with Gasteiger partial charge >= 0.3 is 5.97 Å². The van der Waals surface area contributed by atoms with Gasteiger partial charge in [-0.2, -0.15) is 9.40 Å². The van der Waals surface area contributed by atoms with Crippen molar-refractivity contribution in [3.8, 4) is 5.69 Å². The molecule has 2 aromatic rings. The van der Waals surface area contributed by atoms with Crippen molar-refractivity contribution in [2.24, 2.45) is 0 Å². The Morgan fingerprint density at radius 2 is 2.04 bits per heavy atom. The fourth-order valence-electron chi connectivity index (χ4n) is 2.12. The molecule has 0 aliphatic carbocycles. The number of carboxylic acids is 1. The van der Waals surface area contributed by atoms with Gasteiger partial charge in [0, 0.05) is 12.7 Å². The Hall–Kier alpha value is -2.72. The summed E-state index contributed by atoms with van der Waals surface area (Å²) in [6.07, 6.45) is 2.27. The second kappa shape index (κ2) is 7.03. The summed E-state index contributed by atoms with van der Waals surface area (Å²) in [5.74, 6) is -1.56. The number of amides is 1. The van der Waals surface area contributed by atoms with E-state index in [1.54, 1.807) is 31.2 Å². The molecule has 0 spiro atoms. The lowest BCUT2D eigenvalue weighted by Gasteiger charge is -2.14. The zero-order chi connectivity index (χ0) is 18.8. The number of carbonyl (C=O) groups is 2. The van der Waals surface area contributed by atoms with Gasteiger partial charge in [0.2, 0.25) is 15.9 Å². The molecule has 0 radical (unpaired) electrons. The van der Waals surface area contributed by atoms with Crippen molar-refractivity contribution >= 4 is 27.6 Å². The van der Waals surface area contributed by atoms with E-state index < -0.39 is 21.9 Å². The first-order valence-corrected chi connectivity index (χ1v) is 9.04. The maximum Gasteiger partial charge on any atom is 0.339 e. The van der Waals surface area contributed by atoms with Gasteiger partial charge < -0.3 is 10.4 Å². The van der Waals surface area contributed by atoms with E-state index in [4.69, 9.17) is 5.11 Å². The lowest BCUT2D eigenvalue weighted by atomic mass is 10.2. The van der Waals surface area contributed by atoms with Crippen LogP contribution in [0.4, 0.5) is 5.69 Å². The first kappa shape index (κ1) is 18.6. The quantitative estimate of drug-likeness (QED) is 0.776. The summed E-state index contributed by atoms with van der Waals surface area (Å²) in [5, 5.41) is 15.7. The number of likely N-dealkylation sites (N-methyl/N-ethyl adjacent to an activating group) is 1. The molecule has 1 heterocycles. The number of nitrogens with zero attached hydrogens (tertiary/aromatic N) is 3. The van der Waals surface area contributed by atoms with E-state index in [9.17, 15) is 18.0 Å². The summed E-state index contributed by atoms with van der Waals surface area (Å²) in [6.45, 7) is 1.32. The molecule has 2 N–H and O–H groups in total. The van der Waals surface area contributed by atoms with Crippen molar-refractivity contribution in [3.05, 3.63) is 41.7 Å². The van der Waals surface area contributed by atoms with Crippen molar-refractivity contribution in [1.82, 2.24) is 14.1 Å². The van der Waals surface area contributed by atoms with Gasteiger partial charge in [0.1, 0.15) is 5.56 Å². The van der Waals surface area contributed by atoms with E-state index in [2.05, 4.69) is 10.4 Å². The average Bonchev–Trinajstić information content (AvgIpc) is 2.88. The molecule has 0 unspecified atom stereocenters. The van der Waals surface area contributed by atoms with Gasteiger partial charge in [-0.05, 0) is 25.1 Å². The van der Waals surface area contributed by atoms with E-state index in [0.717, 1.165) is 10.6 Å². The molecule has 0 bridgehead atoms. The maximum atomic E-state index is 12.0. The number of hydrogen-bond donors (Lipinski definition) is 2. The van der Waals surface area contributed by atoms with E-state index in [-0.39, 0.29) is 12.1 Å². The molecule has 0 aliphatic rings. The molecular weight excluding hydrogens is 348 g/mol. The molecule has 9 nitrogen and oxygen atoms in total. The fraction of sp³-hybridized carbons (Fsp3) is 0.267. The first-order chi connectivity index (χ1) is 11.6. The number of sulfonamides is 1. The SMILES string of the molecule is Cc1c(C(=O)O)cnn1-c1cccc(NC(=O)CN(C)S(C)(=O)=O)c1. The zero-order valence-corrected chi connectivity index (χ0v) is 14.7. The third-order valence-electron chi connectivity index (χ3n) is 3.55. The maximum absolute atomic E-state index is 12.0. The molecular formula is C15H18N4O5S. The molecule has 1 aromatic carbocycles. The summed E-state index contributed by atoms with van der Waals surface area (Å²) in [6, 6.07) is 6.64. The predicted molar refractivity (Wildman–Crippen MR) is 91.4 cm³/mol. The summed E-state index contributed by atoms with van der Waals surface area (Å²) in [5.41, 5.74) is 1.55. The molecule has 1 aromatic heterocycles. The summed E-state index contributed by atoms with van der Waals surface area (Å²) in [7, 11) is -2.14. The van der Waals surface area contributed by atoms with Gasteiger partial charge in [0.15, 0.2) is 0 Å². The third kappa shape index (κ3) is 4.43. The molecule has 25 heavy (non-hydrogen) atoms. The molecule has 0 atom stereocenters. The van der Waals surface area contributed by atoms with Crippen LogP contribution >= 0.6 is 0 Å². The second-order valence-electron chi connectivity index (χ2n) is 5.48. The van der Waals surface area contributed by atoms with Crippen molar-refractivity contribution in [3.63, 3.8) is 0 Å². The van der Waals surface area contributed by atoms with Crippen LogP contribution in [0.5, 0.6) is 0 Å². The van der Waals surface area contributed by atoms with E-state index in [0.29, 0.717) is 17.1 Å². The highest BCUT2D eigenvalue weighted by Gasteiger charge is 2.16. The summed E-state index contributed by atoms with van der Waals surface area (Å²) in [4.78, 5) is 23.1. The number of carboxylic acid groups (broad SMARTS) is 1. The van der Waals surface area contributed by atoms with Gasteiger partial charge in [-0.15, -0.1) is 0 Å². The van der Waals surface area contributed by atoms with Crippen LogP contribution in [-0.2, 0) is 14.8 Å². The molecule has 0 aliphatic heterocycles. The minimum absolute atomic E-state index is 0.0872. The average molecular weight is 366 g/mol. The van der Waals surface area contributed by atoms with Gasteiger partial charge in [-0.3, -0.25) is 4.79 Å². The Morgan fingerprint density at radius 3 is 2.60 bits per heavy atom. The summed E-state index contributed by atoms with van der Waals surface area (Å²) >= 11 is 0. The number of nitrogens with one attached hydrogen (secondary N) is 1. The lowest BCUT2D eigenvalue weighted by molar-refractivity contribution is -0.116. The van der Waals surface area contributed by atoms with Gasteiger partial charge in [0.05, 0.1) is 30.4 Å². The zero-order valence-electron chi connectivity index (χ0n) is 13.9. The van der Waals surface area contributed by atoms with Crippen LogP contribution in [0.3, 0.4) is 0 Å². The van der Waals surface area contributed by atoms with Crippen molar-refractivity contribution in [2.45, 2.75) is 6.92 Å². The first-order valence-electron chi connectivity index (χ1n) is 7.19. The van der Waals surface area contributed by atoms with Crippen molar-refractivity contribution in [2.75, 3.05) is 25.2 Å². The van der Waals surface area contributed by atoms with Gasteiger partial charge in [-0.25, -0.2) is 17.9 Å². The monoisotopic (exact) mass is 366 g/mol. The molecule has 1 amide bonds. The molecule has 0 saturated heterocycles. The van der Waals surface area contributed by atoms with Crippen LogP contribution < -0.4 is 5.32 Å². The highest BCUT2D eigenvalue weighted by Crippen LogP contribution is 2.18. The lowest BCUT2D eigenvalue weighted by Crippen LogP contribution is -2.34. The van der Waals surface area contributed by atoms with Crippen LogP contribution in [0.2, 0.25) is 0 Å².